The fraction of sp³-hybridized carbons (Fsp3) is 0.350. The zero-order valence-corrected chi connectivity index (χ0v) is 15.7. The molecule has 144 valence electrons. The molecule has 4 heterocycles. The van der Waals surface area contributed by atoms with Gasteiger partial charge in [0.05, 0.1) is 17.7 Å². The Kier molecular flexibility index (Phi) is 3.94. The minimum atomic E-state index is 0.0215. The van der Waals surface area contributed by atoms with E-state index in [1.807, 2.05) is 38.1 Å². The van der Waals surface area contributed by atoms with Crippen LogP contribution in [0.4, 0.5) is 0 Å². The van der Waals surface area contributed by atoms with Crippen molar-refractivity contribution in [2.75, 3.05) is 0 Å². The van der Waals surface area contributed by atoms with Gasteiger partial charge in [-0.15, -0.1) is 5.10 Å². The van der Waals surface area contributed by atoms with Crippen LogP contribution < -0.4 is 15.2 Å². The quantitative estimate of drug-likeness (QED) is 0.568. The van der Waals surface area contributed by atoms with Crippen molar-refractivity contribution >= 4 is 16.6 Å². The second kappa shape index (κ2) is 6.49. The molecule has 0 unspecified atom stereocenters. The number of imidazole rings is 1. The van der Waals surface area contributed by atoms with Crippen molar-refractivity contribution in [3.63, 3.8) is 0 Å². The van der Waals surface area contributed by atoms with E-state index in [1.54, 1.807) is 16.9 Å². The number of hydrogen-bond acceptors (Lipinski definition) is 7. The highest BCUT2D eigenvalue weighted by Crippen LogP contribution is 2.33. The molecule has 1 aliphatic rings. The highest BCUT2D eigenvalue weighted by atomic mass is 16.5. The number of pyridine rings is 1. The Balaban J connectivity index is 1.53. The van der Waals surface area contributed by atoms with E-state index in [-0.39, 0.29) is 18.2 Å². The molecule has 0 amide bonds. The van der Waals surface area contributed by atoms with Gasteiger partial charge in [-0.1, -0.05) is 0 Å². The lowest BCUT2D eigenvalue weighted by molar-refractivity contribution is 0.0944. The van der Waals surface area contributed by atoms with Gasteiger partial charge >= 0.3 is 0 Å². The molecule has 4 aromatic rings. The molecule has 0 radical (unpaired) electrons. The van der Waals surface area contributed by atoms with E-state index in [9.17, 15) is 0 Å². The van der Waals surface area contributed by atoms with Crippen LogP contribution in [0.1, 0.15) is 26.7 Å². The van der Waals surface area contributed by atoms with E-state index in [1.165, 1.54) is 0 Å². The van der Waals surface area contributed by atoms with Gasteiger partial charge in [-0.05, 0) is 38.8 Å². The van der Waals surface area contributed by atoms with E-state index < -0.39 is 0 Å². The number of fused-ring (bicyclic) bond motifs is 2. The molecule has 4 aromatic heterocycles. The predicted octanol–water partition coefficient (Wildman–Crippen LogP) is 3.19. The van der Waals surface area contributed by atoms with Crippen molar-refractivity contribution in [2.24, 2.45) is 5.73 Å². The summed E-state index contributed by atoms with van der Waals surface area (Å²) in [4.78, 5) is 8.74. The fourth-order valence-corrected chi connectivity index (χ4v) is 3.34. The molecule has 28 heavy (non-hydrogen) atoms. The molecule has 0 spiro atoms. The standard InChI is InChI=1S/C20H21N5O3/c1-11(2)26-20-14-9-17(28-16(14)5-6-22-20)15-10-23-18-3-4-19(24-25(15)18)27-13-7-12(21)8-13/h3-6,9-13H,7-8,21H2,1-2H3. The van der Waals surface area contributed by atoms with Crippen molar-refractivity contribution < 1.29 is 13.9 Å². The van der Waals surface area contributed by atoms with Crippen molar-refractivity contribution in [3.8, 4) is 23.2 Å². The molecule has 0 bridgehead atoms. The zero-order valence-electron chi connectivity index (χ0n) is 15.7. The molecule has 0 aliphatic heterocycles. The molecular formula is C20H21N5O3. The number of furan rings is 1. The molecule has 1 fully saturated rings. The van der Waals surface area contributed by atoms with Crippen molar-refractivity contribution in [1.29, 1.82) is 0 Å². The first-order valence-electron chi connectivity index (χ1n) is 9.39. The second-order valence-electron chi connectivity index (χ2n) is 7.36. The minimum absolute atomic E-state index is 0.0215. The van der Waals surface area contributed by atoms with Crippen LogP contribution in [-0.4, -0.2) is 37.8 Å². The number of hydrogen-bond donors (Lipinski definition) is 1. The lowest BCUT2D eigenvalue weighted by atomic mass is 9.90. The smallest absolute Gasteiger partial charge is 0.232 e. The van der Waals surface area contributed by atoms with Gasteiger partial charge in [0.2, 0.25) is 11.8 Å². The first kappa shape index (κ1) is 17.0. The molecule has 0 atom stereocenters. The lowest BCUT2D eigenvalue weighted by Crippen LogP contribution is -2.43. The van der Waals surface area contributed by atoms with E-state index in [2.05, 4.69) is 15.1 Å². The van der Waals surface area contributed by atoms with Gasteiger partial charge in [0.25, 0.3) is 0 Å². The molecule has 1 saturated carbocycles. The maximum atomic E-state index is 6.03. The average Bonchev–Trinajstić information content (AvgIpc) is 3.23. The minimum Gasteiger partial charge on any atom is -0.474 e. The predicted molar refractivity (Wildman–Crippen MR) is 103 cm³/mol. The summed E-state index contributed by atoms with van der Waals surface area (Å²) in [7, 11) is 0. The van der Waals surface area contributed by atoms with Gasteiger partial charge in [-0.2, -0.15) is 0 Å². The van der Waals surface area contributed by atoms with Crippen LogP contribution in [0.2, 0.25) is 0 Å². The van der Waals surface area contributed by atoms with E-state index in [0.717, 1.165) is 23.9 Å². The summed E-state index contributed by atoms with van der Waals surface area (Å²) in [6.45, 7) is 3.93. The lowest BCUT2D eigenvalue weighted by Gasteiger charge is -2.31. The second-order valence-corrected chi connectivity index (χ2v) is 7.36. The number of nitrogens with zero attached hydrogens (tertiary/aromatic N) is 4. The maximum Gasteiger partial charge on any atom is 0.232 e. The highest BCUT2D eigenvalue weighted by Gasteiger charge is 2.28. The van der Waals surface area contributed by atoms with Crippen LogP contribution in [0, 0.1) is 0 Å². The number of nitrogens with two attached hydrogens (primary N) is 1. The van der Waals surface area contributed by atoms with Gasteiger partial charge in [0.15, 0.2) is 11.4 Å². The Morgan fingerprint density at radius 2 is 2.07 bits per heavy atom. The summed E-state index contributed by atoms with van der Waals surface area (Å²) in [5.41, 5.74) is 7.98. The Labute approximate surface area is 161 Å². The Morgan fingerprint density at radius 1 is 1.21 bits per heavy atom. The number of aromatic nitrogens is 4. The molecule has 8 heteroatoms. The van der Waals surface area contributed by atoms with Gasteiger partial charge in [0, 0.05) is 24.4 Å². The van der Waals surface area contributed by atoms with Crippen LogP contribution in [0.3, 0.4) is 0 Å². The fourth-order valence-electron chi connectivity index (χ4n) is 3.34. The third kappa shape index (κ3) is 2.95. The molecule has 5 rings (SSSR count). The highest BCUT2D eigenvalue weighted by molar-refractivity contribution is 5.86. The van der Waals surface area contributed by atoms with Crippen LogP contribution in [0.25, 0.3) is 28.1 Å². The Morgan fingerprint density at radius 3 is 2.86 bits per heavy atom. The number of ether oxygens (including phenoxy) is 2. The topological polar surface area (TPSA) is 101 Å². The molecular weight excluding hydrogens is 358 g/mol. The van der Waals surface area contributed by atoms with Gasteiger partial charge in [0.1, 0.15) is 17.4 Å². The molecule has 0 aromatic carbocycles. The van der Waals surface area contributed by atoms with Gasteiger partial charge in [-0.25, -0.2) is 14.5 Å². The SMILES string of the molecule is CC(C)Oc1nccc2oc(-c3cnc4ccc(OC5CC(N)C5)nn34)cc12. The Bertz CT molecular complexity index is 1140. The summed E-state index contributed by atoms with van der Waals surface area (Å²) < 4.78 is 19.5. The zero-order chi connectivity index (χ0) is 19.3. The normalized spacial score (nSPS) is 19.3. The first-order valence-corrected chi connectivity index (χ1v) is 9.39. The van der Waals surface area contributed by atoms with E-state index >= 15 is 0 Å². The van der Waals surface area contributed by atoms with Crippen LogP contribution in [0.5, 0.6) is 11.8 Å². The summed E-state index contributed by atoms with van der Waals surface area (Å²) in [5.74, 6) is 1.74. The molecule has 2 N–H and O–H groups in total. The van der Waals surface area contributed by atoms with Crippen LogP contribution in [-0.2, 0) is 0 Å². The molecule has 1 aliphatic carbocycles. The van der Waals surface area contributed by atoms with E-state index in [0.29, 0.717) is 28.8 Å². The summed E-state index contributed by atoms with van der Waals surface area (Å²) in [6.07, 6.45) is 5.26. The van der Waals surface area contributed by atoms with Crippen LogP contribution in [0.15, 0.2) is 41.1 Å². The van der Waals surface area contributed by atoms with E-state index in [4.69, 9.17) is 19.6 Å². The molecule has 0 saturated heterocycles. The van der Waals surface area contributed by atoms with Crippen molar-refractivity contribution in [1.82, 2.24) is 19.6 Å². The van der Waals surface area contributed by atoms with Gasteiger partial charge in [-0.3, -0.25) is 0 Å². The third-order valence-corrected chi connectivity index (χ3v) is 4.77. The van der Waals surface area contributed by atoms with Crippen molar-refractivity contribution in [3.05, 3.63) is 36.7 Å². The number of rotatable bonds is 5. The third-order valence-electron chi connectivity index (χ3n) is 4.77. The monoisotopic (exact) mass is 379 g/mol. The van der Waals surface area contributed by atoms with Crippen molar-refractivity contribution in [2.45, 2.75) is 44.9 Å². The van der Waals surface area contributed by atoms with Crippen LogP contribution >= 0.6 is 0 Å². The largest absolute Gasteiger partial charge is 0.474 e. The summed E-state index contributed by atoms with van der Waals surface area (Å²) >= 11 is 0. The summed E-state index contributed by atoms with van der Waals surface area (Å²) in [6, 6.07) is 7.65. The Hall–Kier alpha value is -3.13. The maximum absolute atomic E-state index is 6.03. The summed E-state index contributed by atoms with van der Waals surface area (Å²) in [5, 5.41) is 5.40. The molecule has 8 nitrogen and oxygen atoms in total. The average molecular weight is 379 g/mol. The van der Waals surface area contributed by atoms with Gasteiger partial charge < -0.3 is 19.6 Å². The first-order chi connectivity index (χ1) is 13.6.